The molecule has 8 heteroatoms. The standard InChI is InChI=1S/C9H6Cl2FN5/c10-4-1-2-5(8(12)7(4)11)16-17-6(3-13)9(14)15/h1-2,16H,(H3,14,15)/b17-6+. The molecule has 1 aromatic carbocycles. The van der Waals surface area contributed by atoms with Crippen LogP contribution in [0.1, 0.15) is 0 Å². The molecule has 0 aromatic heterocycles. The van der Waals surface area contributed by atoms with Gasteiger partial charge in [-0.1, -0.05) is 23.2 Å². The van der Waals surface area contributed by atoms with Crippen molar-refractivity contribution in [2.24, 2.45) is 10.8 Å². The first kappa shape index (κ1) is 13.2. The number of nitrogens with two attached hydrogens (primary N) is 1. The Balaban J connectivity index is 3.02. The van der Waals surface area contributed by atoms with Crippen molar-refractivity contribution in [2.75, 3.05) is 5.43 Å². The minimum atomic E-state index is -0.802. The van der Waals surface area contributed by atoms with Gasteiger partial charge in [-0.2, -0.15) is 10.4 Å². The molecule has 0 spiro atoms. The lowest BCUT2D eigenvalue weighted by Crippen LogP contribution is -2.22. The second kappa shape index (κ2) is 5.48. The molecule has 1 aromatic rings. The maximum Gasteiger partial charge on any atom is 0.201 e. The summed E-state index contributed by atoms with van der Waals surface area (Å²) in [7, 11) is 0. The summed E-state index contributed by atoms with van der Waals surface area (Å²) in [6.07, 6.45) is 0. The van der Waals surface area contributed by atoms with Gasteiger partial charge in [0.25, 0.3) is 0 Å². The zero-order valence-corrected chi connectivity index (χ0v) is 9.77. The van der Waals surface area contributed by atoms with Crippen LogP contribution in [-0.2, 0) is 0 Å². The molecule has 0 bridgehead atoms. The summed E-state index contributed by atoms with van der Waals surface area (Å²) in [5.41, 5.74) is 6.85. The highest BCUT2D eigenvalue weighted by Crippen LogP contribution is 2.29. The van der Waals surface area contributed by atoms with Crippen molar-refractivity contribution in [1.82, 2.24) is 0 Å². The summed E-state index contributed by atoms with van der Waals surface area (Å²) in [5.74, 6) is -1.33. The largest absolute Gasteiger partial charge is 0.382 e. The summed E-state index contributed by atoms with van der Waals surface area (Å²) < 4.78 is 13.5. The number of nitriles is 1. The van der Waals surface area contributed by atoms with Gasteiger partial charge in [-0.25, -0.2) is 4.39 Å². The molecule has 0 amide bonds. The quantitative estimate of drug-likeness (QED) is 0.341. The van der Waals surface area contributed by atoms with E-state index in [2.05, 4.69) is 10.5 Å². The van der Waals surface area contributed by atoms with E-state index in [9.17, 15) is 4.39 Å². The van der Waals surface area contributed by atoms with Crippen LogP contribution in [0.3, 0.4) is 0 Å². The number of nitrogens with zero attached hydrogens (tertiary/aromatic N) is 2. The predicted octanol–water partition coefficient (Wildman–Crippen LogP) is 2.36. The summed E-state index contributed by atoms with van der Waals surface area (Å²) in [5, 5.41) is 18.8. The van der Waals surface area contributed by atoms with E-state index in [0.717, 1.165) is 0 Å². The summed E-state index contributed by atoms with van der Waals surface area (Å²) in [4.78, 5) is 0. The van der Waals surface area contributed by atoms with E-state index >= 15 is 0 Å². The van der Waals surface area contributed by atoms with Gasteiger partial charge in [0.15, 0.2) is 11.7 Å². The third-order valence-corrected chi connectivity index (χ3v) is 2.47. The third kappa shape index (κ3) is 3.06. The highest BCUT2D eigenvalue weighted by molar-refractivity contribution is 6.46. The Morgan fingerprint density at radius 1 is 1.53 bits per heavy atom. The molecule has 1 rings (SSSR count). The van der Waals surface area contributed by atoms with Gasteiger partial charge in [-0.15, -0.1) is 0 Å². The lowest BCUT2D eigenvalue weighted by Gasteiger charge is -2.05. The Bertz CT molecular complexity index is 535. The second-order valence-corrected chi connectivity index (χ2v) is 3.61. The monoisotopic (exact) mass is 273 g/mol. The number of nitrogens with one attached hydrogen (secondary N) is 2. The molecule has 88 valence electrons. The molecule has 0 aliphatic heterocycles. The van der Waals surface area contributed by atoms with Crippen LogP contribution < -0.4 is 11.2 Å². The fourth-order valence-corrected chi connectivity index (χ4v) is 1.18. The minimum Gasteiger partial charge on any atom is -0.382 e. The van der Waals surface area contributed by atoms with Crippen molar-refractivity contribution >= 4 is 40.4 Å². The molecule has 0 aliphatic carbocycles. The molecular weight excluding hydrogens is 268 g/mol. The fraction of sp³-hybridized carbons (Fsp3) is 0. The first-order valence-corrected chi connectivity index (χ1v) is 4.94. The van der Waals surface area contributed by atoms with Crippen molar-refractivity contribution in [2.45, 2.75) is 0 Å². The molecular formula is C9H6Cl2FN5. The topological polar surface area (TPSA) is 98.0 Å². The number of rotatable bonds is 3. The predicted molar refractivity (Wildman–Crippen MR) is 65.0 cm³/mol. The van der Waals surface area contributed by atoms with E-state index in [0.29, 0.717) is 0 Å². The molecule has 17 heavy (non-hydrogen) atoms. The van der Waals surface area contributed by atoms with E-state index in [1.165, 1.54) is 12.1 Å². The van der Waals surface area contributed by atoms with E-state index < -0.39 is 11.7 Å². The lowest BCUT2D eigenvalue weighted by molar-refractivity contribution is 0.631. The van der Waals surface area contributed by atoms with Crippen molar-refractivity contribution in [3.63, 3.8) is 0 Å². The van der Waals surface area contributed by atoms with Gasteiger partial charge < -0.3 is 5.73 Å². The van der Waals surface area contributed by atoms with Gasteiger partial charge in [0, 0.05) is 0 Å². The Kier molecular flexibility index (Phi) is 4.26. The van der Waals surface area contributed by atoms with E-state index in [-0.39, 0.29) is 21.4 Å². The van der Waals surface area contributed by atoms with Crippen LogP contribution in [-0.4, -0.2) is 11.5 Å². The maximum atomic E-state index is 13.5. The SMILES string of the molecule is N#C/C(=N\Nc1ccc(Cl)c(Cl)c1F)C(=N)N. The average Bonchev–Trinajstić information content (AvgIpc) is 2.29. The summed E-state index contributed by atoms with van der Waals surface area (Å²) in [6.45, 7) is 0. The van der Waals surface area contributed by atoms with E-state index in [4.69, 9.17) is 39.6 Å². The van der Waals surface area contributed by atoms with Gasteiger partial charge in [0.05, 0.1) is 15.7 Å². The van der Waals surface area contributed by atoms with Gasteiger partial charge in [-0.05, 0) is 12.1 Å². The van der Waals surface area contributed by atoms with Gasteiger partial charge in [0.2, 0.25) is 5.71 Å². The fourth-order valence-electron chi connectivity index (χ4n) is 0.874. The van der Waals surface area contributed by atoms with Gasteiger partial charge in [0.1, 0.15) is 6.07 Å². The smallest absolute Gasteiger partial charge is 0.201 e. The van der Waals surface area contributed by atoms with Crippen LogP contribution in [0.5, 0.6) is 0 Å². The number of anilines is 1. The molecule has 0 unspecified atom stereocenters. The van der Waals surface area contributed by atoms with Crippen LogP contribution in [0.4, 0.5) is 10.1 Å². The molecule has 0 fully saturated rings. The molecule has 0 saturated heterocycles. The zero-order chi connectivity index (χ0) is 13.0. The number of hydrogen-bond acceptors (Lipinski definition) is 4. The number of hydrogen-bond donors (Lipinski definition) is 3. The molecule has 4 N–H and O–H groups in total. The second-order valence-electron chi connectivity index (χ2n) is 2.82. The van der Waals surface area contributed by atoms with Crippen LogP contribution in [0.25, 0.3) is 0 Å². The normalized spacial score (nSPS) is 10.8. The minimum absolute atomic E-state index is 0.0609. The van der Waals surface area contributed by atoms with Crippen molar-refractivity contribution < 1.29 is 4.39 Å². The number of amidine groups is 1. The lowest BCUT2D eigenvalue weighted by atomic mass is 10.3. The molecule has 0 aliphatic rings. The Morgan fingerprint density at radius 2 is 2.18 bits per heavy atom. The molecule has 0 atom stereocenters. The molecule has 0 radical (unpaired) electrons. The van der Waals surface area contributed by atoms with Gasteiger partial charge in [-0.3, -0.25) is 10.8 Å². The molecule has 5 nitrogen and oxygen atoms in total. The van der Waals surface area contributed by atoms with E-state index in [1.807, 2.05) is 0 Å². The van der Waals surface area contributed by atoms with Crippen LogP contribution in [0.2, 0.25) is 10.0 Å². The highest BCUT2D eigenvalue weighted by Gasteiger charge is 2.10. The van der Waals surface area contributed by atoms with Crippen LogP contribution >= 0.6 is 23.2 Å². The summed E-state index contributed by atoms with van der Waals surface area (Å²) >= 11 is 11.2. The Labute approximate surface area is 106 Å². The highest BCUT2D eigenvalue weighted by atomic mass is 35.5. The van der Waals surface area contributed by atoms with Crippen molar-refractivity contribution in [3.8, 4) is 6.07 Å². The van der Waals surface area contributed by atoms with Crippen molar-refractivity contribution in [3.05, 3.63) is 28.0 Å². The average molecular weight is 274 g/mol. The van der Waals surface area contributed by atoms with Crippen LogP contribution in [0, 0.1) is 22.6 Å². The third-order valence-electron chi connectivity index (χ3n) is 1.68. The number of benzene rings is 1. The number of hydrazone groups is 1. The Morgan fingerprint density at radius 3 is 2.71 bits per heavy atom. The summed E-state index contributed by atoms with van der Waals surface area (Å²) in [6, 6.07) is 4.23. The first-order valence-electron chi connectivity index (χ1n) is 4.19. The van der Waals surface area contributed by atoms with Gasteiger partial charge >= 0.3 is 0 Å². The van der Waals surface area contributed by atoms with Crippen LogP contribution in [0.15, 0.2) is 17.2 Å². The maximum absolute atomic E-state index is 13.5. The number of halogens is 3. The van der Waals surface area contributed by atoms with E-state index in [1.54, 1.807) is 6.07 Å². The first-order chi connectivity index (χ1) is 7.97. The molecule has 0 heterocycles. The van der Waals surface area contributed by atoms with Crippen molar-refractivity contribution in [1.29, 1.82) is 10.7 Å². The Hall–Kier alpha value is -1.84. The molecule has 0 saturated carbocycles. The zero-order valence-electron chi connectivity index (χ0n) is 8.26.